The van der Waals surface area contributed by atoms with Crippen LogP contribution in [0.1, 0.15) is 24.5 Å². The zero-order valence-corrected chi connectivity index (χ0v) is 19.1. The molecule has 1 aliphatic rings. The van der Waals surface area contributed by atoms with Crippen LogP contribution in [0.5, 0.6) is 5.75 Å². The maximum absolute atomic E-state index is 13.1. The lowest BCUT2D eigenvalue weighted by Crippen LogP contribution is -2.27. The van der Waals surface area contributed by atoms with Gasteiger partial charge in [-0.05, 0) is 58.8 Å². The van der Waals surface area contributed by atoms with Crippen LogP contribution in [0, 0.1) is 0 Å². The van der Waals surface area contributed by atoms with Crippen molar-refractivity contribution in [3.63, 3.8) is 0 Å². The number of rotatable bonds is 6. The van der Waals surface area contributed by atoms with Crippen LogP contribution < -0.4 is 4.74 Å². The molecule has 158 valence electrons. The Morgan fingerprint density at radius 3 is 2.65 bits per heavy atom. The van der Waals surface area contributed by atoms with Gasteiger partial charge in [0, 0.05) is 15.6 Å². The van der Waals surface area contributed by atoms with Crippen LogP contribution in [0.3, 0.4) is 0 Å². The first-order valence-corrected chi connectivity index (χ1v) is 11.4. The molecule has 0 N–H and O–H groups in total. The minimum Gasteiger partial charge on any atom is -0.493 e. The van der Waals surface area contributed by atoms with Crippen molar-refractivity contribution in [1.82, 2.24) is 4.90 Å². The van der Waals surface area contributed by atoms with Gasteiger partial charge >= 0.3 is 0 Å². The topological polar surface area (TPSA) is 46.6 Å². The Kier molecular flexibility index (Phi) is 6.56. The molecule has 4 rings (SSSR count). The molecule has 0 aromatic heterocycles. The minimum atomic E-state index is -0.351. The largest absolute Gasteiger partial charge is 0.493 e. The number of carbonyl (C=O) groups excluding carboxylic acids is 2. The van der Waals surface area contributed by atoms with E-state index in [1.54, 1.807) is 24.3 Å². The van der Waals surface area contributed by atoms with E-state index in [1.165, 1.54) is 4.90 Å². The van der Waals surface area contributed by atoms with Gasteiger partial charge in [-0.15, -0.1) is 0 Å². The van der Waals surface area contributed by atoms with Crippen LogP contribution in [0.4, 0.5) is 4.79 Å². The fourth-order valence-electron chi connectivity index (χ4n) is 3.35. The van der Waals surface area contributed by atoms with Gasteiger partial charge in [-0.1, -0.05) is 66.5 Å². The molecule has 1 aliphatic heterocycles. The molecule has 1 fully saturated rings. The minimum absolute atomic E-state index is 0.0900. The van der Waals surface area contributed by atoms with Gasteiger partial charge in [-0.25, -0.2) is 0 Å². The fourth-order valence-corrected chi connectivity index (χ4v) is 4.64. The second-order valence-electron chi connectivity index (χ2n) is 7.05. The van der Waals surface area contributed by atoms with Crippen LogP contribution >= 0.6 is 35.0 Å². The van der Waals surface area contributed by atoms with Gasteiger partial charge in [0.15, 0.2) is 0 Å². The van der Waals surface area contributed by atoms with Crippen molar-refractivity contribution in [2.75, 3.05) is 6.61 Å². The average Bonchev–Trinajstić information content (AvgIpc) is 3.02. The highest BCUT2D eigenvalue weighted by Crippen LogP contribution is 2.38. The van der Waals surface area contributed by atoms with Crippen molar-refractivity contribution in [3.05, 3.63) is 80.7 Å². The zero-order valence-electron chi connectivity index (χ0n) is 16.7. The monoisotopic (exact) mass is 471 g/mol. The van der Waals surface area contributed by atoms with E-state index < -0.39 is 0 Å². The summed E-state index contributed by atoms with van der Waals surface area (Å²) in [6, 6.07) is 16.8. The molecular weight excluding hydrogens is 453 g/mol. The van der Waals surface area contributed by atoms with E-state index >= 15 is 0 Å². The van der Waals surface area contributed by atoms with E-state index in [2.05, 4.69) is 0 Å². The number of halogens is 2. The number of benzene rings is 3. The molecule has 1 saturated heterocycles. The van der Waals surface area contributed by atoms with Gasteiger partial charge in [-0.2, -0.15) is 0 Å². The van der Waals surface area contributed by atoms with Gasteiger partial charge in [0.25, 0.3) is 11.1 Å². The molecule has 0 radical (unpaired) electrons. The average molecular weight is 472 g/mol. The highest BCUT2D eigenvalue weighted by Gasteiger charge is 2.35. The van der Waals surface area contributed by atoms with Crippen LogP contribution in [0.25, 0.3) is 16.8 Å². The number of carbonyl (C=O) groups is 2. The summed E-state index contributed by atoms with van der Waals surface area (Å²) in [7, 11) is 0. The molecule has 4 nitrogen and oxygen atoms in total. The Labute approximate surface area is 194 Å². The van der Waals surface area contributed by atoms with Crippen molar-refractivity contribution in [2.24, 2.45) is 0 Å². The normalized spacial score (nSPS) is 15.3. The highest BCUT2D eigenvalue weighted by molar-refractivity contribution is 8.18. The van der Waals surface area contributed by atoms with E-state index in [1.807, 2.05) is 43.3 Å². The number of imide groups is 1. The molecule has 3 aromatic carbocycles. The van der Waals surface area contributed by atoms with Crippen molar-refractivity contribution < 1.29 is 14.3 Å². The maximum atomic E-state index is 13.1. The van der Waals surface area contributed by atoms with Crippen LogP contribution in [0.2, 0.25) is 10.0 Å². The molecule has 2 amide bonds. The van der Waals surface area contributed by atoms with Crippen molar-refractivity contribution in [1.29, 1.82) is 0 Å². The summed E-state index contributed by atoms with van der Waals surface area (Å²) in [5.41, 5.74) is 1.45. The molecule has 0 atom stereocenters. The molecule has 0 saturated carbocycles. The highest BCUT2D eigenvalue weighted by atomic mass is 35.5. The molecule has 7 heteroatoms. The van der Waals surface area contributed by atoms with E-state index in [9.17, 15) is 9.59 Å². The van der Waals surface area contributed by atoms with Gasteiger partial charge in [-0.3, -0.25) is 14.5 Å². The molecular formula is C24H19Cl2NO3S. The number of thioether (sulfide) groups is 1. The quantitative estimate of drug-likeness (QED) is 0.357. The summed E-state index contributed by atoms with van der Waals surface area (Å²) in [6.45, 7) is 2.69. The molecule has 31 heavy (non-hydrogen) atoms. The Morgan fingerprint density at radius 1 is 1.06 bits per heavy atom. The Hall–Kier alpha value is -2.47. The van der Waals surface area contributed by atoms with Crippen LogP contribution in [0.15, 0.2) is 59.5 Å². The van der Waals surface area contributed by atoms with Gasteiger partial charge < -0.3 is 4.74 Å². The van der Waals surface area contributed by atoms with Gasteiger partial charge in [0.05, 0.1) is 18.1 Å². The van der Waals surface area contributed by atoms with E-state index in [-0.39, 0.29) is 17.7 Å². The third kappa shape index (κ3) is 4.59. The van der Waals surface area contributed by atoms with Crippen molar-refractivity contribution in [3.8, 4) is 5.75 Å². The Balaban J connectivity index is 1.70. The lowest BCUT2D eigenvalue weighted by Gasteiger charge is -2.14. The van der Waals surface area contributed by atoms with E-state index in [0.717, 1.165) is 34.5 Å². The number of fused-ring (bicyclic) bond motifs is 1. The van der Waals surface area contributed by atoms with Gasteiger partial charge in [0.2, 0.25) is 0 Å². The lowest BCUT2D eigenvalue weighted by atomic mass is 10.0. The molecule has 0 bridgehead atoms. The van der Waals surface area contributed by atoms with Crippen LogP contribution in [-0.4, -0.2) is 22.7 Å². The number of ether oxygens (including phenoxy) is 1. The van der Waals surface area contributed by atoms with Crippen molar-refractivity contribution in [2.45, 2.75) is 19.9 Å². The number of amides is 2. The lowest BCUT2D eigenvalue weighted by molar-refractivity contribution is -0.123. The van der Waals surface area contributed by atoms with E-state index in [0.29, 0.717) is 32.9 Å². The molecule has 0 spiro atoms. The molecule has 0 unspecified atom stereocenters. The molecule has 3 aromatic rings. The first kappa shape index (κ1) is 21.8. The number of hydrogen-bond donors (Lipinski definition) is 0. The van der Waals surface area contributed by atoms with E-state index in [4.69, 9.17) is 27.9 Å². The third-order valence-corrected chi connectivity index (χ3v) is 6.38. The second kappa shape index (κ2) is 9.35. The predicted octanol–water partition coefficient (Wildman–Crippen LogP) is 7.17. The summed E-state index contributed by atoms with van der Waals surface area (Å²) in [5, 5.41) is 2.57. The van der Waals surface area contributed by atoms with Crippen molar-refractivity contribution >= 4 is 63.0 Å². The summed E-state index contributed by atoms with van der Waals surface area (Å²) in [5.74, 6) is 0.337. The Bertz CT molecular complexity index is 1210. The third-order valence-electron chi connectivity index (χ3n) is 4.88. The predicted molar refractivity (Wildman–Crippen MR) is 128 cm³/mol. The second-order valence-corrected chi connectivity index (χ2v) is 8.89. The van der Waals surface area contributed by atoms with Crippen LogP contribution in [-0.2, 0) is 11.3 Å². The first-order valence-electron chi connectivity index (χ1n) is 9.81. The summed E-state index contributed by atoms with van der Waals surface area (Å²) in [4.78, 5) is 27.2. The maximum Gasteiger partial charge on any atom is 0.293 e. The first-order chi connectivity index (χ1) is 15.0. The zero-order chi connectivity index (χ0) is 22.0. The SMILES string of the molecule is CCCOc1ccc2ccccc2c1C=C1SC(=O)N(Cc2ccc(Cl)cc2Cl)C1=O. The standard InChI is InChI=1S/C24H19Cl2NO3S/c1-2-11-30-21-10-8-15-5-3-4-6-18(15)19(21)13-22-23(28)27(24(29)31-22)14-16-7-9-17(25)12-20(16)26/h3-10,12-13H,2,11,14H2,1H3. The Morgan fingerprint density at radius 2 is 1.87 bits per heavy atom. The number of nitrogens with zero attached hydrogens (tertiary/aromatic N) is 1. The molecule has 0 aliphatic carbocycles. The summed E-state index contributed by atoms with van der Waals surface area (Å²) in [6.07, 6.45) is 2.62. The summed E-state index contributed by atoms with van der Waals surface area (Å²) < 4.78 is 5.92. The fraction of sp³-hybridized carbons (Fsp3) is 0.167. The number of hydrogen-bond acceptors (Lipinski definition) is 4. The van der Waals surface area contributed by atoms with Gasteiger partial charge in [0.1, 0.15) is 5.75 Å². The summed E-state index contributed by atoms with van der Waals surface area (Å²) >= 11 is 13.1. The smallest absolute Gasteiger partial charge is 0.293 e. The molecule has 1 heterocycles.